The van der Waals surface area contributed by atoms with Crippen LogP contribution in [0.1, 0.15) is 48.1 Å². The van der Waals surface area contributed by atoms with Gasteiger partial charge in [0.05, 0.1) is 18.2 Å². The summed E-state index contributed by atoms with van der Waals surface area (Å²) in [4.78, 5) is 28.1. The molecule has 0 radical (unpaired) electrons. The Balaban J connectivity index is 1.50. The number of amides is 1. The van der Waals surface area contributed by atoms with Gasteiger partial charge in [-0.15, -0.1) is 10.2 Å². The van der Waals surface area contributed by atoms with Gasteiger partial charge >= 0.3 is 5.91 Å². The highest BCUT2D eigenvalue weighted by Gasteiger charge is 2.48. The van der Waals surface area contributed by atoms with E-state index in [4.69, 9.17) is 4.74 Å². The van der Waals surface area contributed by atoms with Crippen LogP contribution < -0.4 is 9.64 Å². The molecule has 210 valence electrons. The molecule has 2 heterocycles. The number of thioether (sulfide) groups is 1. The summed E-state index contributed by atoms with van der Waals surface area (Å²) in [7, 11) is 0. The molecule has 4 aromatic rings. The van der Waals surface area contributed by atoms with Gasteiger partial charge in [-0.1, -0.05) is 78.4 Å². The Kier molecular flexibility index (Phi) is 8.80. The average molecular weight is 590 g/mol. The minimum absolute atomic E-state index is 0.106. The first-order valence-electron chi connectivity index (χ1n) is 13.2. The molecule has 3 aromatic carbocycles. The fourth-order valence-electron chi connectivity index (χ4n) is 4.38. The fourth-order valence-corrected chi connectivity index (χ4v) is 6.20. The van der Waals surface area contributed by atoms with E-state index in [0.29, 0.717) is 28.0 Å². The van der Waals surface area contributed by atoms with Gasteiger partial charge in [0.15, 0.2) is 4.34 Å². The molecule has 0 spiro atoms. The average Bonchev–Trinajstić information content (AvgIpc) is 3.55. The third-order valence-corrected chi connectivity index (χ3v) is 8.74. The molecule has 0 bridgehead atoms. The monoisotopic (exact) mass is 589 g/mol. The maximum absolute atomic E-state index is 13.6. The van der Waals surface area contributed by atoms with E-state index in [1.165, 1.54) is 57.8 Å². The van der Waals surface area contributed by atoms with Gasteiger partial charge in [-0.2, -0.15) is 0 Å². The number of halogens is 1. The molecular weight excluding hydrogens is 561 g/mol. The number of benzene rings is 3. The molecule has 1 N–H and O–H groups in total. The third kappa shape index (κ3) is 6.34. The molecule has 1 fully saturated rings. The van der Waals surface area contributed by atoms with Crippen molar-refractivity contribution in [3.8, 4) is 5.75 Å². The number of unbranched alkanes of at least 4 members (excludes halogenated alkanes) is 1. The molecule has 1 atom stereocenters. The van der Waals surface area contributed by atoms with Gasteiger partial charge in [-0.25, -0.2) is 4.39 Å². The lowest BCUT2D eigenvalue weighted by atomic mass is 9.95. The molecule has 10 heteroatoms. The van der Waals surface area contributed by atoms with Crippen molar-refractivity contribution in [1.82, 2.24) is 10.2 Å². The van der Waals surface area contributed by atoms with Crippen molar-refractivity contribution in [3.05, 3.63) is 106 Å². The summed E-state index contributed by atoms with van der Waals surface area (Å²) in [5.41, 5.74) is 3.00. The predicted octanol–water partition coefficient (Wildman–Crippen LogP) is 7.08. The standard InChI is InChI=1S/C31H28FN3O4S2/c1-3-4-17-39-24-15-11-21(12-16-24)26-25(27(36)22-9-13-23(32)14-10-22)28(37)29(38)35(26)30-33-34-31(41-30)40-18-20-7-5-19(2)6-8-20/h5-16,26,36H,3-4,17-18H2,1-2H3/b27-25-. The Morgan fingerprint density at radius 1 is 1.02 bits per heavy atom. The maximum Gasteiger partial charge on any atom is 0.301 e. The number of aryl methyl sites for hydroxylation is 1. The van der Waals surface area contributed by atoms with Crippen LogP contribution in [0.15, 0.2) is 82.7 Å². The first kappa shape index (κ1) is 28.5. The summed E-state index contributed by atoms with van der Waals surface area (Å²) in [5, 5.41) is 20.0. The molecule has 7 nitrogen and oxygen atoms in total. The highest BCUT2D eigenvalue weighted by Crippen LogP contribution is 2.44. The molecule has 0 aliphatic carbocycles. The lowest BCUT2D eigenvalue weighted by molar-refractivity contribution is -0.132. The zero-order valence-corrected chi connectivity index (χ0v) is 24.2. The minimum Gasteiger partial charge on any atom is -0.507 e. The van der Waals surface area contributed by atoms with Crippen LogP contribution in [0.3, 0.4) is 0 Å². The lowest BCUT2D eigenvalue weighted by Crippen LogP contribution is -2.29. The van der Waals surface area contributed by atoms with E-state index in [9.17, 15) is 19.1 Å². The Morgan fingerprint density at radius 3 is 2.41 bits per heavy atom. The first-order valence-corrected chi connectivity index (χ1v) is 15.0. The highest BCUT2D eigenvalue weighted by molar-refractivity contribution is 8.00. The second-order valence-electron chi connectivity index (χ2n) is 9.57. The van der Waals surface area contributed by atoms with Crippen LogP contribution in [-0.4, -0.2) is 33.6 Å². The van der Waals surface area contributed by atoms with E-state index < -0.39 is 29.3 Å². The molecule has 1 saturated heterocycles. The number of aliphatic hydroxyl groups is 1. The third-order valence-electron chi connectivity index (χ3n) is 6.61. The largest absolute Gasteiger partial charge is 0.507 e. The minimum atomic E-state index is -0.965. The Bertz CT molecular complexity index is 1570. The SMILES string of the molecule is CCCCOc1ccc(C2/C(=C(/O)c3ccc(F)cc3)C(=O)C(=O)N2c2nnc(SCc3ccc(C)cc3)s2)cc1. The number of aliphatic hydroxyl groups excluding tert-OH is 1. The molecule has 41 heavy (non-hydrogen) atoms. The van der Waals surface area contributed by atoms with Gasteiger partial charge in [0, 0.05) is 11.3 Å². The Labute approximate surface area is 245 Å². The number of nitrogens with zero attached hydrogens (tertiary/aromatic N) is 3. The fraction of sp³-hybridized carbons (Fsp3) is 0.226. The van der Waals surface area contributed by atoms with Gasteiger partial charge in [-0.3, -0.25) is 14.5 Å². The molecule has 1 aliphatic heterocycles. The van der Waals surface area contributed by atoms with Gasteiger partial charge in [0.25, 0.3) is 5.78 Å². The summed E-state index contributed by atoms with van der Waals surface area (Å²) in [6, 6.07) is 19.4. The van der Waals surface area contributed by atoms with Gasteiger partial charge in [-0.05, 0) is 60.9 Å². The zero-order valence-electron chi connectivity index (χ0n) is 22.5. The maximum atomic E-state index is 13.6. The van der Waals surface area contributed by atoms with E-state index in [0.717, 1.165) is 18.4 Å². The number of ketones is 1. The number of anilines is 1. The van der Waals surface area contributed by atoms with Crippen molar-refractivity contribution in [3.63, 3.8) is 0 Å². The van der Waals surface area contributed by atoms with Crippen molar-refractivity contribution in [2.45, 2.75) is 42.8 Å². The zero-order chi connectivity index (χ0) is 28.9. The van der Waals surface area contributed by atoms with Gasteiger partial charge < -0.3 is 9.84 Å². The van der Waals surface area contributed by atoms with E-state index in [-0.39, 0.29) is 16.3 Å². The Morgan fingerprint density at radius 2 is 1.73 bits per heavy atom. The van der Waals surface area contributed by atoms with E-state index in [1.54, 1.807) is 24.3 Å². The summed E-state index contributed by atoms with van der Waals surface area (Å²) in [6.45, 7) is 4.69. The van der Waals surface area contributed by atoms with Crippen LogP contribution in [0.4, 0.5) is 9.52 Å². The quantitative estimate of drug-likeness (QED) is 0.0528. The molecule has 1 amide bonds. The van der Waals surface area contributed by atoms with Crippen LogP contribution in [0.25, 0.3) is 5.76 Å². The van der Waals surface area contributed by atoms with Crippen molar-refractivity contribution in [2.24, 2.45) is 0 Å². The number of hydrogen-bond donors (Lipinski definition) is 1. The van der Waals surface area contributed by atoms with Crippen LogP contribution in [-0.2, 0) is 15.3 Å². The molecule has 5 rings (SSSR count). The summed E-state index contributed by atoms with van der Waals surface area (Å²) in [6.07, 6.45) is 1.92. The first-order chi connectivity index (χ1) is 19.9. The number of Topliss-reactive ketones (excluding diaryl/α,β-unsaturated/α-hetero) is 1. The van der Waals surface area contributed by atoms with E-state index in [2.05, 4.69) is 17.1 Å². The normalized spacial score (nSPS) is 16.4. The number of carbonyl (C=O) groups is 2. The number of rotatable bonds is 10. The summed E-state index contributed by atoms with van der Waals surface area (Å²) in [5.74, 6) is -1.23. The molecule has 1 aromatic heterocycles. The summed E-state index contributed by atoms with van der Waals surface area (Å²) < 4.78 is 20.0. The highest BCUT2D eigenvalue weighted by atomic mass is 32.2. The Hall–Kier alpha value is -4.02. The second kappa shape index (κ2) is 12.7. The second-order valence-corrected chi connectivity index (χ2v) is 11.8. The van der Waals surface area contributed by atoms with Crippen molar-refractivity contribution in [1.29, 1.82) is 0 Å². The molecular formula is C31H28FN3O4S2. The predicted molar refractivity (Wildman–Crippen MR) is 159 cm³/mol. The topological polar surface area (TPSA) is 92.6 Å². The van der Waals surface area contributed by atoms with E-state index in [1.807, 2.05) is 31.2 Å². The van der Waals surface area contributed by atoms with Gasteiger partial charge in [0.1, 0.15) is 17.3 Å². The number of aromatic nitrogens is 2. The van der Waals surface area contributed by atoms with Crippen molar-refractivity contribution in [2.75, 3.05) is 11.5 Å². The van der Waals surface area contributed by atoms with Crippen LogP contribution in [0, 0.1) is 12.7 Å². The van der Waals surface area contributed by atoms with Crippen molar-refractivity contribution >= 4 is 45.7 Å². The molecule has 1 aliphatic rings. The molecule has 0 saturated carbocycles. The van der Waals surface area contributed by atoms with Crippen LogP contribution in [0.5, 0.6) is 5.75 Å². The number of ether oxygens (including phenoxy) is 1. The van der Waals surface area contributed by atoms with Gasteiger partial charge in [0.2, 0.25) is 5.13 Å². The smallest absolute Gasteiger partial charge is 0.301 e. The van der Waals surface area contributed by atoms with E-state index >= 15 is 0 Å². The summed E-state index contributed by atoms with van der Waals surface area (Å²) >= 11 is 2.68. The number of carbonyl (C=O) groups excluding carboxylic acids is 2. The lowest BCUT2D eigenvalue weighted by Gasteiger charge is -2.22. The number of hydrogen-bond acceptors (Lipinski definition) is 8. The van der Waals surface area contributed by atoms with Crippen LogP contribution >= 0.6 is 23.1 Å². The molecule has 1 unspecified atom stereocenters. The van der Waals surface area contributed by atoms with Crippen molar-refractivity contribution < 1.29 is 23.8 Å². The van der Waals surface area contributed by atoms with Crippen LogP contribution in [0.2, 0.25) is 0 Å².